The van der Waals surface area contributed by atoms with E-state index in [2.05, 4.69) is 16.9 Å². The van der Waals surface area contributed by atoms with E-state index in [1.807, 2.05) is 47.1 Å². The maximum atomic E-state index is 13.1. The number of likely N-dealkylation sites (tertiary alicyclic amines) is 1. The number of ether oxygens (including phenoxy) is 1. The Labute approximate surface area is 187 Å². The van der Waals surface area contributed by atoms with E-state index in [-0.39, 0.29) is 23.8 Å². The van der Waals surface area contributed by atoms with Crippen molar-refractivity contribution in [3.05, 3.63) is 46.4 Å². The molecule has 0 unspecified atom stereocenters. The van der Waals surface area contributed by atoms with E-state index in [1.165, 1.54) is 11.3 Å². The van der Waals surface area contributed by atoms with Crippen LogP contribution in [-0.2, 0) is 4.79 Å². The van der Waals surface area contributed by atoms with Crippen molar-refractivity contribution in [2.24, 2.45) is 5.92 Å². The van der Waals surface area contributed by atoms with E-state index < -0.39 is 0 Å². The summed E-state index contributed by atoms with van der Waals surface area (Å²) >= 11 is 1.38. The van der Waals surface area contributed by atoms with Gasteiger partial charge >= 0.3 is 0 Å². The molecule has 2 saturated heterocycles. The number of para-hydroxylation sites is 1. The number of thiazole rings is 1. The minimum Gasteiger partial charge on any atom is -0.490 e. The van der Waals surface area contributed by atoms with Crippen molar-refractivity contribution in [2.45, 2.75) is 25.9 Å². The maximum Gasteiger partial charge on any atom is 0.265 e. The predicted octanol–water partition coefficient (Wildman–Crippen LogP) is 2.53. The van der Waals surface area contributed by atoms with E-state index >= 15 is 0 Å². The van der Waals surface area contributed by atoms with Crippen LogP contribution in [0, 0.1) is 12.8 Å². The Hall–Kier alpha value is -2.45. The summed E-state index contributed by atoms with van der Waals surface area (Å²) in [6.07, 6.45) is 1.01. The first-order chi connectivity index (χ1) is 15.0. The number of piperazine rings is 1. The van der Waals surface area contributed by atoms with Crippen molar-refractivity contribution < 1.29 is 14.3 Å². The van der Waals surface area contributed by atoms with E-state index in [4.69, 9.17) is 4.74 Å². The molecule has 2 amide bonds. The molecule has 2 aromatic rings. The van der Waals surface area contributed by atoms with Gasteiger partial charge in [0.25, 0.3) is 5.91 Å². The summed E-state index contributed by atoms with van der Waals surface area (Å²) in [5.74, 6) is 0.930. The van der Waals surface area contributed by atoms with Gasteiger partial charge in [-0.25, -0.2) is 4.98 Å². The van der Waals surface area contributed by atoms with Gasteiger partial charge in [-0.15, -0.1) is 11.3 Å². The highest BCUT2D eigenvalue weighted by Crippen LogP contribution is 2.28. The zero-order chi connectivity index (χ0) is 21.8. The van der Waals surface area contributed by atoms with E-state index in [0.29, 0.717) is 30.8 Å². The smallest absolute Gasteiger partial charge is 0.265 e. The van der Waals surface area contributed by atoms with Crippen molar-refractivity contribution in [1.82, 2.24) is 19.7 Å². The zero-order valence-corrected chi connectivity index (χ0v) is 19.0. The molecule has 4 rings (SSSR count). The third-order valence-electron chi connectivity index (χ3n) is 6.21. The lowest BCUT2D eigenvalue weighted by Crippen LogP contribution is -2.51. The van der Waals surface area contributed by atoms with Gasteiger partial charge in [-0.1, -0.05) is 18.2 Å². The number of piperidine rings is 1. The first-order valence-electron chi connectivity index (χ1n) is 10.9. The van der Waals surface area contributed by atoms with Gasteiger partial charge in [0.2, 0.25) is 5.91 Å². The van der Waals surface area contributed by atoms with Crippen molar-refractivity contribution in [3.8, 4) is 5.75 Å². The molecule has 0 saturated carbocycles. The molecule has 0 N–H and O–H groups in total. The SMILES string of the molecule is Cc1ncsc1C(=O)N1CC[C@H](Oc2ccccc2)[C@@H](CC(=O)N2CCN(C)CC2)C1. The van der Waals surface area contributed by atoms with Crippen LogP contribution in [-0.4, -0.2) is 83.9 Å². The average molecular weight is 443 g/mol. The quantitative estimate of drug-likeness (QED) is 0.712. The molecule has 0 aliphatic carbocycles. The van der Waals surface area contributed by atoms with Gasteiger partial charge in [0.05, 0.1) is 11.2 Å². The van der Waals surface area contributed by atoms with Crippen LogP contribution in [0.1, 0.15) is 28.2 Å². The number of nitrogens with zero attached hydrogens (tertiary/aromatic N) is 4. The summed E-state index contributed by atoms with van der Waals surface area (Å²) in [6.45, 7) is 6.32. The molecule has 2 aliphatic heterocycles. The van der Waals surface area contributed by atoms with Crippen LogP contribution in [0.3, 0.4) is 0 Å². The number of aromatic nitrogens is 1. The lowest BCUT2D eigenvalue weighted by atomic mass is 9.90. The molecule has 31 heavy (non-hydrogen) atoms. The first-order valence-corrected chi connectivity index (χ1v) is 11.8. The molecule has 166 valence electrons. The molecule has 2 atom stereocenters. The fraction of sp³-hybridized carbons (Fsp3) is 0.522. The summed E-state index contributed by atoms with van der Waals surface area (Å²) < 4.78 is 6.29. The summed E-state index contributed by atoms with van der Waals surface area (Å²) in [4.78, 5) is 37.1. The second-order valence-corrected chi connectivity index (χ2v) is 9.28. The van der Waals surface area contributed by atoms with Gasteiger partial charge in [-0.3, -0.25) is 9.59 Å². The third kappa shape index (κ3) is 5.25. The van der Waals surface area contributed by atoms with Gasteiger partial charge in [-0.2, -0.15) is 0 Å². The first kappa shape index (κ1) is 21.8. The van der Waals surface area contributed by atoms with Crippen molar-refractivity contribution in [2.75, 3.05) is 46.3 Å². The molecule has 0 bridgehead atoms. The minimum absolute atomic E-state index is 0.00945. The number of benzene rings is 1. The fourth-order valence-corrected chi connectivity index (χ4v) is 5.05. The summed E-state index contributed by atoms with van der Waals surface area (Å²) in [5.41, 5.74) is 2.48. The standard InChI is InChI=1S/C23H30N4O3S/c1-17-22(31-16-24-17)23(29)27-9-8-20(30-19-6-4-3-5-7-19)18(15-27)14-21(28)26-12-10-25(2)11-13-26/h3-7,16,18,20H,8-15H2,1-2H3/t18-,20-/m0/s1. The average Bonchev–Trinajstić information content (AvgIpc) is 3.21. The summed E-state index contributed by atoms with van der Waals surface area (Å²) in [6, 6.07) is 9.74. The molecular formula is C23H30N4O3S. The summed E-state index contributed by atoms with van der Waals surface area (Å²) in [5, 5.41) is 0. The van der Waals surface area contributed by atoms with Crippen LogP contribution in [0.25, 0.3) is 0 Å². The van der Waals surface area contributed by atoms with Gasteiger partial charge in [0, 0.05) is 58.0 Å². The van der Waals surface area contributed by atoms with Gasteiger partial charge < -0.3 is 19.4 Å². The topological polar surface area (TPSA) is 66.0 Å². The Morgan fingerprint density at radius 2 is 1.84 bits per heavy atom. The second-order valence-electron chi connectivity index (χ2n) is 8.42. The van der Waals surface area contributed by atoms with Crippen LogP contribution >= 0.6 is 11.3 Å². The number of rotatable bonds is 5. The fourth-order valence-electron chi connectivity index (χ4n) is 4.28. The Balaban J connectivity index is 1.47. The largest absolute Gasteiger partial charge is 0.490 e. The number of aryl methyl sites for hydroxylation is 1. The molecule has 8 heteroatoms. The maximum absolute atomic E-state index is 13.1. The van der Waals surface area contributed by atoms with Crippen molar-refractivity contribution in [1.29, 1.82) is 0 Å². The monoisotopic (exact) mass is 442 g/mol. The number of hydrogen-bond donors (Lipinski definition) is 0. The number of hydrogen-bond acceptors (Lipinski definition) is 6. The van der Waals surface area contributed by atoms with Gasteiger partial charge in [0.1, 0.15) is 16.7 Å². The number of likely N-dealkylation sites (N-methyl/N-ethyl adjacent to an activating group) is 1. The van der Waals surface area contributed by atoms with Crippen LogP contribution in [0.2, 0.25) is 0 Å². The number of carbonyl (C=O) groups excluding carboxylic acids is 2. The highest BCUT2D eigenvalue weighted by Gasteiger charge is 2.36. The minimum atomic E-state index is -0.0922. The van der Waals surface area contributed by atoms with E-state index in [0.717, 1.165) is 37.6 Å². The van der Waals surface area contributed by atoms with E-state index in [1.54, 1.807) is 5.51 Å². The van der Waals surface area contributed by atoms with Gasteiger partial charge in [-0.05, 0) is 26.1 Å². The molecule has 7 nitrogen and oxygen atoms in total. The molecule has 1 aromatic heterocycles. The van der Waals surface area contributed by atoms with Crippen molar-refractivity contribution in [3.63, 3.8) is 0 Å². The third-order valence-corrected chi connectivity index (χ3v) is 7.13. The zero-order valence-electron chi connectivity index (χ0n) is 18.2. The molecule has 1 aromatic carbocycles. The van der Waals surface area contributed by atoms with Crippen LogP contribution in [0.15, 0.2) is 35.8 Å². The Kier molecular flexibility index (Phi) is 6.87. The van der Waals surface area contributed by atoms with Crippen LogP contribution < -0.4 is 4.74 Å². The molecule has 3 heterocycles. The predicted molar refractivity (Wildman–Crippen MR) is 120 cm³/mol. The van der Waals surface area contributed by atoms with Crippen LogP contribution in [0.4, 0.5) is 0 Å². The molecule has 0 radical (unpaired) electrons. The Bertz CT molecular complexity index is 895. The molecule has 2 aliphatic rings. The second kappa shape index (κ2) is 9.78. The lowest BCUT2D eigenvalue weighted by molar-refractivity contribution is -0.135. The Morgan fingerprint density at radius 3 is 2.52 bits per heavy atom. The number of carbonyl (C=O) groups is 2. The Morgan fingerprint density at radius 1 is 1.10 bits per heavy atom. The molecule has 2 fully saturated rings. The van der Waals surface area contributed by atoms with Crippen LogP contribution in [0.5, 0.6) is 5.75 Å². The van der Waals surface area contributed by atoms with Crippen molar-refractivity contribution >= 4 is 23.2 Å². The lowest BCUT2D eigenvalue weighted by Gasteiger charge is -2.39. The highest BCUT2D eigenvalue weighted by atomic mass is 32.1. The number of amides is 2. The highest BCUT2D eigenvalue weighted by molar-refractivity contribution is 7.11. The molecule has 0 spiro atoms. The summed E-state index contributed by atoms with van der Waals surface area (Å²) in [7, 11) is 2.08. The van der Waals surface area contributed by atoms with Gasteiger partial charge in [0.15, 0.2) is 0 Å². The normalized spacial score (nSPS) is 22.4. The van der Waals surface area contributed by atoms with E-state index in [9.17, 15) is 9.59 Å². The molecular weight excluding hydrogens is 412 g/mol.